The van der Waals surface area contributed by atoms with Crippen LogP contribution < -0.4 is 11.1 Å². The third-order valence-electron chi connectivity index (χ3n) is 2.84. The van der Waals surface area contributed by atoms with E-state index in [0.29, 0.717) is 11.5 Å². The van der Waals surface area contributed by atoms with Crippen molar-refractivity contribution in [2.75, 3.05) is 11.1 Å². The first-order valence-corrected chi connectivity index (χ1v) is 7.15. The molecule has 3 aromatic rings. The molecule has 1 amide bonds. The highest BCUT2D eigenvalue weighted by atomic mass is 32.1. The lowest BCUT2D eigenvalue weighted by Gasteiger charge is -2.07. The summed E-state index contributed by atoms with van der Waals surface area (Å²) in [6.07, 6.45) is 1.45. The number of rotatable bonds is 3. The molecule has 5 nitrogen and oxygen atoms in total. The van der Waals surface area contributed by atoms with Crippen LogP contribution in [-0.2, 0) is 0 Å². The summed E-state index contributed by atoms with van der Waals surface area (Å²) in [7, 11) is 0. The van der Waals surface area contributed by atoms with Crippen LogP contribution in [0.2, 0.25) is 0 Å². The molecule has 0 fully saturated rings. The van der Waals surface area contributed by atoms with E-state index < -0.39 is 0 Å². The first-order valence-electron chi connectivity index (χ1n) is 6.27. The van der Waals surface area contributed by atoms with Crippen LogP contribution in [0.1, 0.15) is 10.4 Å². The minimum Gasteiger partial charge on any atom is -0.383 e. The number of thiophene rings is 1. The zero-order valence-corrected chi connectivity index (χ0v) is 11.8. The second kappa shape index (κ2) is 5.72. The molecule has 3 rings (SSSR count). The van der Waals surface area contributed by atoms with Crippen LogP contribution in [-0.4, -0.2) is 15.9 Å². The number of benzene rings is 1. The van der Waals surface area contributed by atoms with E-state index in [-0.39, 0.29) is 17.3 Å². The molecule has 0 saturated carbocycles. The van der Waals surface area contributed by atoms with Crippen molar-refractivity contribution in [1.82, 2.24) is 9.97 Å². The maximum atomic E-state index is 12.2. The summed E-state index contributed by atoms with van der Waals surface area (Å²) >= 11 is 1.52. The number of anilines is 2. The third kappa shape index (κ3) is 2.90. The third-order valence-corrected chi connectivity index (χ3v) is 3.70. The Labute approximate surface area is 125 Å². The number of amides is 1. The molecule has 1 aromatic carbocycles. The summed E-state index contributed by atoms with van der Waals surface area (Å²) in [5.74, 6) is 0.372. The van der Waals surface area contributed by atoms with Gasteiger partial charge >= 0.3 is 0 Å². The fraction of sp³-hybridized carbons (Fsp3) is 0. The zero-order valence-electron chi connectivity index (χ0n) is 11.0. The molecule has 0 atom stereocenters. The van der Waals surface area contributed by atoms with E-state index in [9.17, 15) is 4.79 Å². The Balaban J connectivity index is 1.84. The molecule has 0 spiro atoms. The Morgan fingerprint density at radius 2 is 1.95 bits per heavy atom. The van der Waals surface area contributed by atoms with Crippen molar-refractivity contribution in [3.8, 4) is 10.7 Å². The second-order valence-corrected chi connectivity index (χ2v) is 5.24. The van der Waals surface area contributed by atoms with Gasteiger partial charge in [-0.1, -0.05) is 24.3 Å². The number of nitrogen functional groups attached to an aromatic ring is 1. The predicted octanol–water partition coefficient (Wildman–Crippen LogP) is 3.04. The molecule has 0 aliphatic carbocycles. The molecule has 0 radical (unpaired) electrons. The summed E-state index contributed by atoms with van der Waals surface area (Å²) in [5, 5.41) is 4.69. The Hall–Kier alpha value is -2.73. The van der Waals surface area contributed by atoms with Crippen molar-refractivity contribution < 1.29 is 4.79 Å². The van der Waals surface area contributed by atoms with Gasteiger partial charge in [0.1, 0.15) is 11.4 Å². The van der Waals surface area contributed by atoms with Crippen molar-refractivity contribution in [2.45, 2.75) is 0 Å². The van der Waals surface area contributed by atoms with Crippen LogP contribution >= 0.6 is 11.3 Å². The molecule has 0 bridgehead atoms. The molecular formula is C15H12N4OS. The van der Waals surface area contributed by atoms with E-state index in [4.69, 9.17) is 5.73 Å². The molecule has 6 heteroatoms. The van der Waals surface area contributed by atoms with Gasteiger partial charge < -0.3 is 11.1 Å². The predicted molar refractivity (Wildman–Crippen MR) is 84.2 cm³/mol. The highest BCUT2D eigenvalue weighted by Gasteiger charge is 2.13. The summed E-state index contributed by atoms with van der Waals surface area (Å²) in [6.45, 7) is 0. The first kappa shape index (κ1) is 13.3. The summed E-state index contributed by atoms with van der Waals surface area (Å²) in [4.78, 5) is 21.5. The molecule has 2 heterocycles. The number of para-hydroxylation sites is 1. The molecule has 21 heavy (non-hydrogen) atoms. The largest absolute Gasteiger partial charge is 0.383 e. The average molecular weight is 296 g/mol. The van der Waals surface area contributed by atoms with E-state index in [1.54, 1.807) is 12.1 Å². The summed E-state index contributed by atoms with van der Waals surface area (Å²) in [6, 6.07) is 13.0. The molecule has 0 unspecified atom stereocenters. The fourth-order valence-corrected chi connectivity index (χ4v) is 2.48. The van der Waals surface area contributed by atoms with E-state index >= 15 is 0 Å². The van der Waals surface area contributed by atoms with Crippen LogP contribution in [0, 0.1) is 0 Å². The average Bonchev–Trinajstić information content (AvgIpc) is 3.02. The van der Waals surface area contributed by atoms with Gasteiger partial charge in [-0.2, -0.15) is 0 Å². The highest BCUT2D eigenvalue weighted by molar-refractivity contribution is 7.13. The monoisotopic (exact) mass is 296 g/mol. The van der Waals surface area contributed by atoms with Gasteiger partial charge in [-0.25, -0.2) is 9.97 Å². The van der Waals surface area contributed by atoms with Crippen molar-refractivity contribution in [1.29, 1.82) is 0 Å². The van der Waals surface area contributed by atoms with Crippen LogP contribution in [0.25, 0.3) is 10.7 Å². The molecular weight excluding hydrogens is 284 g/mol. The lowest BCUT2D eigenvalue weighted by Crippen LogP contribution is -2.15. The number of carbonyl (C=O) groups is 1. The van der Waals surface area contributed by atoms with Crippen molar-refractivity contribution in [3.63, 3.8) is 0 Å². The van der Waals surface area contributed by atoms with Gasteiger partial charge in [-0.3, -0.25) is 4.79 Å². The highest BCUT2D eigenvalue weighted by Crippen LogP contribution is 2.22. The van der Waals surface area contributed by atoms with E-state index in [2.05, 4.69) is 15.3 Å². The van der Waals surface area contributed by atoms with Crippen molar-refractivity contribution in [2.24, 2.45) is 0 Å². The molecule has 104 valence electrons. The number of hydrogen-bond donors (Lipinski definition) is 2. The normalized spacial score (nSPS) is 10.3. The lowest BCUT2D eigenvalue weighted by atomic mass is 10.2. The van der Waals surface area contributed by atoms with E-state index in [0.717, 1.165) is 4.88 Å². The SMILES string of the molecule is Nc1nc(-c2cccs2)ncc1C(=O)Nc1ccccc1. The minimum atomic E-state index is -0.323. The van der Waals surface area contributed by atoms with Gasteiger partial charge in [0.05, 0.1) is 4.88 Å². The van der Waals surface area contributed by atoms with Gasteiger partial charge in [0, 0.05) is 11.9 Å². The van der Waals surface area contributed by atoms with Crippen LogP contribution in [0.5, 0.6) is 0 Å². The molecule has 2 aromatic heterocycles. The topological polar surface area (TPSA) is 80.9 Å². The smallest absolute Gasteiger partial charge is 0.260 e. The Bertz CT molecular complexity index is 757. The van der Waals surface area contributed by atoms with Crippen LogP contribution in [0.3, 0.4) is 0 Å². The second-order valence-electron chi connectivity index (χ2n) is 4.29. The summed E-state index contributed by atoms with van der Waals surface area (Å²) < 4.78 is 0. The van der Waals surface area contributed by atoms with Crippen molar-refractivity contribution in [3.05, 3.63) is 59.6 Å². The maximum Gasteiger partial charge on any atom is 0.260 e. The number of hydrogen-bond acceptors (Lipinski definition) is 5. The van der Waals surface area contributed by atoms with Gasteiger partial charge in [0.2, 0.25) is 0 Å². The molecule has 0 aliphatic rings. The molecule has 3 N–H and O–H groups in total. The Morgan fingerprint density at radius 1 is 1.14 bits per heavy atom. The number of nitrogens with zero attached hydrogens (tertiary/aromatic N) is 2. The number of nitrogens with one attached hydrogen (secondary N) is 1. The van der Waals surface area contributed by atoms with Gasteiger partial charge in [-0.05, 0) is 23.6 Å². The van der Waals surface area contributed by atoms with Crippen LogP contribution in [0.15, 0.2) is 54.0 Å². The number of aromatic nitrogens is 2. The van der Waals surface area contributed by atoms with Gasteiger partial charge in [0.25, 0.3) is 5.91 Å². The van der Waals surface area contributed by atoms with Crippen molar-refractivity contribution >= 4 is 28.7 Å². The number of nitrogens with two attached hydrogens (primary N) is 1. The standard InChI is InChI=1S/C15H12N4OS/c16-13-11(15(20)18-10-5-2-1-3-6-10)9-17-14(19-13)12-7-4-8-21-12/h1-9H,(H,18,20)(H2,16,17,19). The van der Waals surface area contributed by atoms with Crippen LogP contribution in [0.4, 0.5) is 11.5 Å². The minimum absolute atomic E-state index is 0.168. The lowest BCUT2D eigenvalue weighted by molar-refractivity contribution is 0.102. The van der Waals surface area contributed by atoms with Gasteiger partial charge in [0.15, 0.2) is 5.82 Å². The fourth-order valence-electron chi connectivity index (χ4n) is 1.81. The summed E-state index contributed by atoms with van der Waals surface area (Å²) in [5.41, 5.74) is 6.84. The first-order chi connectivity index (χ1) is 10.2. The van der Waals surface area contributed by atoms with Gasteiger partial charge in [-0.15, -0.1) is 11.3 Å². The van der Waals surface area contributed by atoms with E-state index in [1.165, 1.54) is 17.5 Å². The molecule has 0 saturated heterocycles. The Kier molecular flexibility index (Phi) is 3.61. The van der Waals surface area contributed by atoms with E-state index in [1.807, 2.05) is 35.7 Å². The Morgan fingerprint density at radius 3 is 2.62 bits per heavy atom. The number of carbonyl (C=O) groups excluding carboxylic acids is 1. The molecule has 0 aliphatic heterocycles. The zero-order chi connectivity index (χ0) is 14.7. The quantitative estimate of drug-likeness (QED) is 0.778. The maximum absolute atomic E-state index is 12.2.